The molecule has 0 saturated carbocycles. The highest BCUT2D eigenvalue weighted by atomic mass is 16.9. The standard InChI is InChI=1S/C33H30O11/c1-31(2)23(41-31)15-39-30-28-20(10-13-37-28)26(35-5)19-8-11-33(43-29(19)30)42-24(32(3,4)44-33)16-38-27-17-6-7-25(34)40-22(17)14-21-18(27)9-12-36-21/h6-14,23-24H,15-16H2,1-5H3/t23-,24+,33-/m1/s1. The molecule has 0 radical (unpaired) electrons. The van der Waals surface area contributed by atoms with Crippen molar-refractivity contribution in [2.24, 2.45) is 0 Å². The van der Waals surface area contributed by atoms with E-state index in [1.54, 1.807) is 43.9 Å². The lowest BCUT2D eigenvalue weighted by Gasteiger charge is -2.31. The number of epoxide rings is 1. The molecule has 6 heterocycles. The van der Waals surface area contributed by atoms with Crippen molar-refractivity contribution >= 4 is 39.0 Å². The fourth-order valence-corrected chi connectivity index (χ4v) is 5.90. The molecule has 228 valence electrons. The Balaban J connectivity index is 1.12. The van der Waals surface area contributed by atoms with Crippen LogP contribution >= 0.6 is 0 Å². The average Bonchev–Trinajstić information content (AvgIpc) is 3.39. The molecule has 3 aliphatic rings. The summed E-state index contributed by atoms with van der Waals surface area (Å²) in [5, 5.41) is 2.12. The average molecular weight is 603 g/mol. The maximum atomic E-state index is 11.9. The number of ether oxygens (including phenoxy) is 7. The predicted octanol–water partition coefficient (Wildman–Crippen LogP) is 6.18. The first-order valence-electron chi connectivity index (χ1n) is 14.3. The first-order chi connectivity index (χ1) is 21.1. The van der Waals surface area contributed by atoms with Crippen LogP contribution in [0.3, 0.4) is 0 Å². The molecule has 2 aromatic carbocycles. The van der Waals surface area contributed by atoms with E-state index in [0.29, 0.717) is 57.3 Å². The lowest BCUT2D eigenvalue weighted by atomic mass is 10.0. The van der Waals surface area contributed by atoms with E-state index in [-0.39, 0.29) is 18.3 Å². The van der Waals surface area contributed by atoms with Gasteiger partial charge in [-0.3, -0.25) is 0 Å². The van der Waals surface area contributed by atoms with Crippen molar-refractivity contribution in [2.75, 3.05) is 20.3 Å². The molecule has 0 unspecified atom stereocenters. The lowest BCUT2D eigenvalue weighted by molar-refractivity contribution is -0.271. The van der Waals surface area contributed by atoms with Gasteiger partial charge in [0.2, 0.25) is 5.75 Å². The number of furan rings is 2. The van der Waals surface area contributed by atoms with E-state index in [2.05, 4.69) is 0 Å². The molecule has 3 aliphatic heterocycles. The zero-order valence-corrected chi connectivity index (χ0v) is 24.8. The van der Waals surface area contributed by atoms with E-state index in [9.17, 15) is 4.79 Å². The summed E-state index contributed by atoms with van der Waals surface area (Å²) >= 11 is 0. The quantitative estimate of drug-likeness (QED) is 0.157. The zero-order chi connectivity index (χ0) is 30.4. The molecular formula is C33H30O11. The minimum Gasteiger partial charge on any atom is -0.495 e. The molecule has 0 N–H and O–H groups in total. The monoisotopic (exact) mass is 602 g/mol. The van der Waals surface area contributed by atoms with Crippen LogP contribution in [0.4, 0.5) is 0 Å². The summed E-state index contributed by atoms with van der Waals surface area (Å²) in [4.78, 5) is 11.9. The molecule has 0 bridgehead atoms. The molecule has 5 aromatic rings. The highest BCUT2D eigenvalue weighted by Gasteiger charge is 2.56. The van der Waals surface area contributed by atoms with Gasteiger partial charge in [-0.2, -0.15) is 0 Å². The van der Waals surface area contributed by atoms with Gasteiger partial charge in [0.25, 0.3) is 0 Å². The Morgan fingerprint density at radius 1 is 0.795 bits per heavy atom. The van der Waals surface area contributed by atoms with Crippen molar-refractivity contribution in [2.45, 2.75) is 57.1 Å². The molecule has 2 saturated heterocycles. The second-order valence-electron chi connectivity index (χ2n) is 12.2. The first kappa shape index (κ1) is 27.1. The number of fused-ring (bicyclic) bond motifs is 4. The van der Waals surface area contributed by atoms with Crippen LogP contribution in [0.1, 0.15) is 33.3 Å². The van der Waals surface area contributed by atoms with Crippen LogP contribution in [0.2, 0.25) is 0 Å². The van der Waals surface area contributed by atoms with Gasteiger partial charge < -0.3 is 46.4 Å². The van der Waals surface area contributed by atoms with Crippen LogP contribution in [0.15, 0.2) is 67.0 Å². The third-order valence-corrected chi connectivity index (χ3v) is 8.43. The summed E-state index contributed by atoms with van der Waals surface area (Å²) in [5.74, 6) is 0.271. The van der Waals surface area contributed by atoms with Gasteiger partial charge in [0.1, 0.15) is 48.1 Å². The molecule has 11 nitrogen and oxygen atoms in total. The van der Waals surface area contributed by atoms with Crippen LogP contribution in [0.5, 0.6) is 23.0 Å². The highest BCUT2D eigenvalue weighted by molar-refractivity contribution is 6.01. The number of hydrogen-bond acceptors (Lipinski definition) is 11. The van der Waals surface area contributed by atoms with Crippen molar-refractivity contribution in [3.05, 3.63) is 64.9 Å². The van der Waals surface area contributed by atoms with Gasteiger partial charge in [0.15, 0.2) is 11.3 Å². The SMILES string of the molecule is COc1c2c(c(OC[C@H]3OC3(C)C)c3occc13)O[C@@]1(C=C2)O[C@@H](COc2c3ccoc3cc3oc(=O)ccc23)C(C)(C)O1. The molecule has 0 amide bonds. The van der Waals surface area contributed by atoms with Crippen LogP contribution in [0.25, 0.3) is 39.0 Å². The van der Waals surface area contributed by atoms with E-state index >= 15 is 0 Å². The van der Waals surface area contributed by atoms with Gasteiger partial charge in [-0.25, -0.2) is 4.79 Å². The molecule has 11 heteroatoms. The number of benzene rings is 2. The molecule has 44 heavy (non-hydrogen) atoms. The van der Waals surface area contributed by atoms with Crippen LogP contribution in [-0.4, -0.2) is 49.7 Å². The van der Waals surface area contributed by atoms with E-state index in [1.165, 1.54) is 6.07 Å². The van der Waals surface area contributed by atoms with E-state index in [0.717, 1.165) is 10.8 Å². The van der Waals surface area contributed by atoms with Crippen molar-refractivity contribution in [3.63, 3.8) is 0 Å². The maximum absolute atomic E-state index is 11.9. The van der Waals surface area contributed by atoms with E-state index < -0.39 is 23.3 Å². The topological polar surface area (TPSA) is 124 Å². The highest BCUT2D eigenvalue weighted by Crippen LogP contribution is 2.53. The molecule has 8 rings (SSSR count). The maximum Gasteiger partial charge on any atom is 0.350 e. The normalized spacial score (nSPS) is 24.6. The minimum absolute atomic E-state index is 0.0680. The third-order valence-electron chi connectivity index (χ3n) is 8.43. The van der Waals surface area contributed by atoms with Gasteiger partial charge >= 0.3 is 11.6 Å². The van der Waals surface area contributed by atoms with E-state index in [1.807, 2.05) is 39.8 Å². The minimum atomic E-state index is -1.58. The summed E-state index contributed by atoms with van der Waals surface area (Å²) in [6.45, 7) is 8.22. The fourth-order valence-electron chi connectivity index (χ4n) is 5.90. The third kappa shape index (κ3) is 4.18. The fraction of sp³-hybridized carbons (Fsp3) is 0.364. The Bertz CT molecular complexity index is 2030. The summed E-state index contributed by atoms with van der Waals surface area (Å²) < 4.78 is 60.5. The van der Waals surface area contributed by atoms with Gasteiger partial charge in [0, 0.05) is 18.2 Å². The van der Waals surface area contributed by atoms with Gasteiger partial charge in [-0.15, -0.1) is 0 Å². The summed E-state index contributed by atoms with van der Waals surface area (Å²) in [6, 6.07) is 8.32. The Hall–Kier alpha value is -4.45. The van der Waals surface area contributed by atoms with Crippen LogP contribution in [-0.2, 0) is 14.2 Å². The molecule has 3 atom stereocenters. The van der Waals surface area contributed by atoms with Gasteiger partial charge in [0.05, 0.1) is 52.6 Å². The van der Waals surface area contributed by atoms with Crippen molar-refractivity contribution < 1.29 is 46.4 Å². The molecule has 3 aromatic heterocycles. The molecule has 2 fully saturated rings. The smallest absolute Gasteiger partial charge is 0.350 e. The lowest BCUT2D eigenvalue weighted by Crippen LogP contribution is -2.39. The van der Waals surface area contributed by atoms with Crippen molar-refractivity contribution in [1.82, 2.24) is 0 Å². The summed E-state index contributed by atoms with van der Waals surface area (Å²) in [7, 11) is 1.59. The van der Waals surface area contributed by atoms with Gasteiger partial charge in [-0.1, -0.05) is 0 Å². The number of methoxy groups -OCH3 is 1. The largest absolute Gasteiger partial charge is 0.495 e. The zero-order valence-electron chi connectivity index (χ0n) is 24.8. The molecule has 1 spiro atoms. The summed E-state index contributed by atoms with van der Waals surface area (Å²) in [5.41, 5.74) is 0.461. The van der Waals surface area contributed by atoms with Crippen LogP contribution in [0, 0.1) is 0 Å². The Kier molecular flexibility index (Phi) is 5.72. The first-order valence-corrected chi connectivity index (χ1v) is 14.3. The Labute approximate surface area is 250 Å². The number of rotatable bonds is 7. The van der Waals surface area contributed by atoms with E-state index in [4.69, 9.17) is 46.4 Å². The Morgan fingerprint density at radius 3 is 2.27 bits per heavy atom. The predicted molar refractivity (Wildman–Crippen MR) is 157 cm³/mol. The molecular weight excluding hydrogens is 572 g/mol. The number of hydrogen-bond donors (Lipinski definition) is 0. The Morgan fingerprint density at radius 2 is 1.50 bits per heavy atom. The van der Waals surface area contributed by atoms with Crippen molar-refractivity contribution in [3.8, 4) is 23.0 Å². The molecule has 0 aliphatic carbocycles. The van der Waals surface area contributed by atoms with Gasteiger partial charge in [-0.05, 0) is 52.0 Å². The second-order valence-corrected chi connectivity index (χ2v) is 12.2. The van der Waals surface area contributed by atoms with Crippen LogP contribution < -0.4 is 24.6 Å². The van der Waals surface area contributed by atoms with Crippen molar-refractivity contribution in [1.29, 1.82) is 0 Å². The second kappa shape index (κ2) is 9.28. The summed E-state index contributed by atoms with van der Waals surface area (Å²) in [6.07, 6.45) is 6.04.